The third kappa shape index (κ3) is 2.01. The Balaban J connectivity index is 2.69. The fourth-order valence-corrected chi connectivity index (χ4v) is 1.77. The minimum Gasteiger partial charge on any atom is -0.194 e. The Kier molecular flexibility index (Phi) is 3.19. The van der Waals surface area contributed by atoms with Gasteiger partial charge in [-0.15, -0.1) is 0 Å². The molecular formula is C13H6F7. The molecule has 0 N–H and O–H groups in total. The Bertz CT molecular complexity index is 623. The molecule has 0 nitrogen and oxygen atoms in total. The largest absolute Gasteiger partial charge is 0.460 e. The van der Waals surface area contributed by atoms with E-state index in [4.69, 9.17) is 0 Å². The molecule has 0 aliphatic carbocycles. The number of halogens is 7. The highest BCUT2D eigenvalue weighted by atomic mass is 19.4. The quantitative estimate of drug-likeness (QED) is 0.689. The predicted molar refractivity (Wildman–Crippen MR) is 57.7 cm³/mol. The Morgan fingerprint density at radius 3 is 2.05 bits per heavy atom. The topological polar surface area (TPSA) is 0 Å². The van der Waals surface area contributed by atoms with Gasteiger partial charge in [0.15, 0.2) is 0 Å². The van der Waals surface area contributed by atoms with Gasteiger partial charge in [0.1, 0.15) is 0 Å². The van der Waals surface area contributed by atoms with Gasteiger partial charge in [0.05, 0.1) is 0 Å². The van der Waals surface area contributed by atoms with E-state index >= 15 is 0 Å². The Labute approximate surface area is 108 Å². The smallest absolute Gasteiger partial charge is 0.194 e. The summed E-state index contributed by atoms with van der Waals surface area (Å²) in [7, 11) is 0. The zero-order valence-electron chi connectivity index (χ0n) is 9.61. The molecule has 0 fully saturated rings. The lowest BCUT2D eigenvalue weighted by atomic mass is 9.95. The summed E-state index contributed by atoms with van der Waals surface area (Å²) < 4.78 is 90.0. The second kappa shape index (κ2) is 4.36. The van der Waals surface area contributed by atoms with E-state index in [1.807, 2.05) is 0 Å². The molecule has 0 unspecified atom stereocenters. The summed E-state index contributed by atoms with van der Waals surface area (Å²) in [5.74, 6) is -11.5. The first-order valence-corrected chi connectivity index (χ1v) is 5.31. The molecular weight excluding hydrogens is 289 g/mol. The van der Waals surface area contributed by atoms with E-state index in [1.54, 1.807) is 0 Å². The number of benzene rings is 2. The summed E-state index contributed by atoms with van der Waals surface area (Å²) in [5.41, 5.74) is -1.38. The van der Waals surface area contributed by atoms with E-state index in [1.165, 1.54) is 18.2 Å². The van der Waals surface area contributed by atoms with Crippen LogP contribution in [-0.2, 0) is 5.92 Å². The van der Waals surface area contributed by atoms with Crippen molar-refractivity contribution in [2.45, 2.75) is 18.0 Å². The summed E-state index contributed by atoms with van der Waals surface area (Å²) in [5, 5.41) is -0.369. The number of rotatable bonds is 2. The van der Waals surface area contributed by atoms with E-state index in [0.29, 0.717) is 6.07 Å². The molecule has 0 saturated heterocycles. The van der Waals surface area contributed by atoms with E-state index in [9.17, 15) is 30.7 Å². The van der Waals surface area contributed by atoms with Crippen LogP contribution in [0.2, 0.25) is 0 Å². The summed E-state index contributed by atoms with van der Waals surface area (Å²) in [6.45, 7) is 0. The van der Waals surface area contributed by atoms with Gasteiger partial charge in [0, 0.05) is 5.56 Å². The molecule has 7 heteroatoms. The number of hydrogen-bond donors (Lipinski definition) is 0. The van der Waals surface area contributed by atoms with Gasteiger partial charge in [-0.05, 0) is 16.8 Å². The van der Waals surface area contributed by atoms with E-state index in [2.05, 4.69) is 6.07 Å². The standard InChI is InChI=1S/C13H6F7/c14-11(15,12(16,17)13(18,19)20)10-7-3-5-8-4-1-2-6-9(8)10/h1-3,5-7H. The van der Waals surface area contributed by atoms with Crippen molar-refractivity contribution in [1.82, 2.24) is 0 Å². The van der Waals surface area contributed by atoms with Gasteiger partial charge >= 0.3 is 18.0 Å². The molecule has 1 radical (unpaired) electrons. The van der Waals surface area contributed by atoms with Gasteiger partial charge in [-0.25, -0.2) is 0 Å². The fourth-order valence-electron chi connectivity index (χ4n) is 1.77. The molecule has 2 aromatic rings. The van der Waals surface area contributed by atoms with Crippen LogP contribution in [0.25, 0.3) is 10.8 Å². The molecule has 0 atom stereocenters. The molecule has 0 heterocycles. The maximum absolute atomic E-state index is 13.7. The molecule has 2 aromatic carbocycles. The molecule has 0 spiro atoms. The molecule has 107 valence electrons. The fraction of sp³-hybridized carbons (Fsp3) is 0.231. The Hall–Kier alpha value is -1.79. The van der Waals surface area contributed by atoms with Crippen molar-refractivity contribution in [3.8, 4) is 0 Å². The summed E-state index contributed by atoms with van der Waals surface area (Å²) in [6, 6.07) is 8.93. The lowest BCUT2D eigenvalue weighted by Gasteiger charge is -2.29. The van der Waals surface area contributed by atoms with Gasteiger partial charge < -0.3 is 0 Å². The Morgan fingerprint density at radius 1 is 0.800 bits per heavy atom. The second-order valence-electron chi connectivity index (χ2n) is 4.08. The summed E-state index contributed by atoms with van der Waals surface area (Å²) in [6.07, 6.45) is -6.35. The van der Waals surface area contributed by atoms with E-state index < -0.39 is 29.0 Å². The van der Waals surface area contributed by atoms with E-state index in [-0.39, 0.29) is 5.39 Å². The normalized spacial score (nSPS) is 13.8. The molecule has 0 amide bonds. The second-order valence-corrected chi connectivity index (χ2v) is 4.08. The first-order valence-electron chi connectivity index (χ1n) is 5.31. The van der Waals surface area contributed by atoms with Crippen molar-refractivity contribution in [3.63, 3.8) is 0 Å². The zero-order valence-corrected chi connectivity index (χ0v) is 9.61. The molecule has 0 bridgehead atoms. The molecule has 0 aliphatic heterocycles. The van der Waals surface area contributed by atoms with Gasteiger partial charge in [-0.1, -0.05) is 36.4 Å². The molecule has 0 aromatic heterocycles. The summed E-state index contributed by atoms with van der Waals surface area (Å²) in [4.78, 5) is 0. The zero-order chi connectivity index (χ0) is 15.2. The average Bonchev–Trinajstić information content (AvgIpc) is 2.36. The maximum atomic E-state index is 13.7. The van der Waals surface area contributed by atoms with Crippen LogP contribution in [0.1, 0.15) is 5.56 Å². The number of hydrogen-bond acceptors (Lipinski definition) is 0. The van der Waals surface area contributed by atoms with Crippen LogP contribution in [0.15, 0.2) is 36.4 Å². The van der Waals surface area contributed by atoms with Crippen molar-refractivity contribution in [2.75, 3.05) is 0 Å². The summed E-state index contributed by atoms with van der Waals surface area (Å²) >= 11 is 0. The van der Waals surface area contributed by atoms with Gasteiger partial charge in [0.2, 0.25) is 0 Å². The van der Waals surface area contributed by atoms with Crippen molar-refractivity contribution >= 4 is 10.8 Å². The number of alkyl halides is 7. The van der Waals surface area contributed by atoms with Crippen molar-refractivity contribution in [1.29, 1.82) is 0 Å². The van der Waals surface area contributed by atoms with Gasteiger partial charge in [0.25, 0.3) is 0 Å². The predicted octanol–water partition coefficient (Wildman–Crippen LogP) is 4.93. The lowest BCUT2D eigenvalue weighted by molar-refractivity contribution is -0.359. The highest BCUT2D eigenvalue weighted by Gasteiger charge is 2.73. The highest BCUT2D eigenvalue weighted by Crippen LogP contribution is 2.52. The SMILES string of the molecule is FC(F)(F)C(F)(F)C(F)(F)c1cccc2[c]cccc12. The molecule has 2 rings (SSSR count). The highest BCUT2D eigenvalue weighted by molar-refractivity contribution is 5.85. The molecule has 20 heavy (non-hydrogen) atoms. The van der Waals surface area contributed by atoms with Crippen LogP contribution >= 0.6 is 0 Å². The molecule has 0 saturated carbocycles. The van der Waals surface area contributed by atoms with Crippen LogP contribution in [-0.4, -0.2) is 12.1 Å². The van der Waals surface area contributed by atoms with Crippen LogP contribution in [0.3, 0.4) is 0 Å². The van der Waals surface area contributed by atoms with Gasteiger partial charge in [-0.2, -0.15) is 30.7 Å². The van der Waals surface area contributed by atoms with Crippen LogP contribution in [0, 0.1) is 6.07 Å². The van der Waals surface area contributed by atoms with Crippen molar-refractivity contribution in [2.24, 2.45) is 0 Å². The first-order chi connectivity index (χ1) is 9.09. The monoisotopic (exact) mass is 295 g/mol. The Morgan fingerprint density at radius 2 is 1.45 bits per heavy atom. The van der Waals surface area contributed by atoms with Gasteiger partial charge in [-0.3, -0.25) is 0 Å². The third-order valence-corrected chi connectivity index (χ3v) is 2.79. The van der Waals surface area contributed by atoms with Crippen LogP contribution in [0.5, 0.6) is 0 Å². The van der Waals surface area contributed by atoms with E-state index in [0.717, 1.165) is 12.1 Å². The van der Waals surface area contributed by atoms with Crippen molar-refractivity contribution < 1.29 is 30.7 Å². The minimum absolute atomic E-state index is 0.0302. The number of fused-ring (bicyclic) bond motifs is 1. The third-order valence-electron chi connectivity index (χ3n) is 2.79. The maximum Gasteiger partial charge on any atom is 0.460 e. The van der Waals surface area contributed by atoms with Crippen LogP contribution in [0.4, 0.5) is 30.7 Å². The first kappa shape index (κ1) is 14.6. The average molecular weight is 295 g/mol. The van der Waals surface area contributed by atoms with Crippen molar-refractivity contribution in [3.05, 3.63) is 48.0 Å². The van der Waals surface area contributed by atoms with Crippen LogP contribution < -0.4 is 0 Å². The minimum atomic E-state index is -6.35. The molecule has 0 aliphatic rings. The lowest BCUT2D eigenvalue weighted by Crippen LogP contribution is -2.50.